The molecule has 0 saturated carbocycles. The Balaban J connectivity index is 2.43. The number of hydrogen-bond acceptors (Lipinski definition) is 2. The first kappa shape index (κ1) is 14.8. The molecular weight excluding hydrogens is 271 g/mol. The van der Waals surface area contributed by atoms with Crippen molar-refractivity contribution < 1.29 is 19.0 Å². The molecule has 21 heavy (non-hydrogen) atoms. The van der Waals surface area contributed by atoms with Crippen molar-refractivity contribution in [2.45, 2.75) is 13.8 Å². The zero-order valence-electron chi connectivity index (χ0n) is 11.8. The average Bonchev–Trinajstić information content (AvgIpc) is 2.43. The van der Waals surface area contributed by atoms with Crippen molar-refractivity contribution in [1.82, 2.24) is 0 Å². The number of ether oxygens (including phenoxy) is 1. The van der Waals surface area contributed by atoms with Crippen LogP contribution in [-0.2, 0) is 4.79 Å². The zero-order chi connectivity index (χ0) is 15.4. The Morgan fingerprint density at radius 1 is 1.24 bits per heavy atom. The molecule has 2 rings (SSSR count). The number of aliphatic carboxylic acids is 1. The van der Waals surface area contributed by atoms with E-state index in [1.165, 1.54) is 18.2 Å². The van der Waals surface area contributed by atoms with Crippen LogP contribution in [0.3, 0.4) is 0 Å². The Morgan fingerprint density at radius 3 is 2.71 bits per heavy atom. The number of hydrogen-bond donors (Lipinski definition) is 1. The van der Waals surface area contributed by atoms with Crippen LogP contribution in [0.25, 0.3) is 6.08 Å². The van der Waals surface area contributed by atoms with Crippen LogP contribution in [0.5, 0.6) is 11.5 Å². The van der Waals surface area contributed by atoms with Gasteiger partial charge in [-0.15, -0.1) is 0 Å². The summed E-state index contributed by atoms with van der Waals surface area (Å²) in [6.45, 7) is 3.78. The van der Waals surface area contributed by atoms with E-state index in [0.717, 1.165) is 17.2 Å². The second-order valence-electron chi connectivity index (χ2n) is 4.70. The van der Waals surface area contributed by atoms with Crippen molar-refractivity contribution in [3.63, 3.8) is 0 Å². The summed E-state index contributed by atoms with van der Waals surface area (Å²) in [7, 11) is 0. The highest BCUT2D eigenvalue weighted by atomic mass is 19.1. The number of carboxylic acids is 1. The summed E-state index contributed by atoms with van der Waals surface area (Å²) in [6.07, 6.45) is 2.26. The van der Waals surface area contributed by atoms with Crippen LogP contribution in [0.4, 0.5) is 4.39 Å². The fourth-order valence-electron chi connectivity index (χ4n) is 1.85. The van der Waals surface area contributed by atoms with Gasteiger partial charge in [-0.05, 0) is 43.2 Å². The van der Waals surface area contributed by atoms with Gasteiger partial charge < -0.3 is 9.84 Å². The number of rotatable bonds is 4. The lowest BCUT2D eigenvalue weighted by Gasteiger charge is -2.12. The Labute approximate surface area is 122 Å². The molecule has 0 saturated heterocycles. The van der Waals surface area contributed by atoms with Crippen molar-refractivity contribution in [2.24, 2.45) is 0 Å². The molecule has 0 atom stereocenters. The third kappa shape index (κ3) is 3.69. The third-order valence-corrected chi connectivity index (χ3v) is 2.96. The first-order chi connectivity index (χ1) is 9.97. The second kappa shape index (κ2) is 6.22. The Kier molecular flexibility index (Phi) is 4.38. The molecule has 0 aliphatic heterocycles. The number of aryl methyl sites for hydroxylation is 2. The highest BCUT2D eigenvalue weighted by Crippen LogP contribution is 2.31. The number of halogens is 1. The molecule has 0 unspecified atom stereocenters. The molecule has 0 amide bonds. The van der Waals surface area contributed by atoms with Crippen LogP contribution in [0.1, 0.15) is 16.7 Å². The smallest absolute Gasteiger partial charge is 0.328 e. The van der Waals surface area contributed by atoms with Gasteiger partial charge in [0.2, 0.25) is 0 Å². The molecule has 2 aromatic rings. The van der Waals surface area contributed by atoms with Gasteiger partial charge in [-0.3, -0.25) is 0 Å². The highest BCUT2D eigenvalue weighted by Gasteiger charge is 2.11. The fourth-order valence-corrected chi connectivity index (χ4v) is 1.85. The summed E-state index contributed by atoms with van der Waals surface area (Å²) in [5, 5.41) is 8.68. The van der Waals surface area contributed by atoms with Gasteiger partial charge in [-0.1, -0.05) is 24.3 Å². The van der Waals surface area contributed by atoms with Crippen molar-refractivity contribution in [1.29, 1.82) is 0 Å². The lowest BCUT2D eigenvalue weighted by Crippen LogP contribution is -1.95. The Morgan fingerprint density at radius 2 is 2.00 bits per heavy atom. The maximum absolute atomic E-state index is 14.0. The van der Waals surface area contributed by atoms with Crippen molar-refractivity contribution in [2.75, 3.05) is 0 Å². The molecule has 0 radical (unpaired) electrons. The first-order valence-electron chi connectivity index (χ1n) is 6.42. The summed E-state index contributed by atoms with van der Waals surface area (Å²) in [4.78, 5) is 10.6. The van der Waals surface area contributed by atoms with E-state index in [2.05, 4.69) is 0 Å². The summed E-state index contributed by atoms with van der Waals surface area (Å²) >= 11 is 0. The van der Waals surface area contributed by atoms with Crippen molar-refractivity contribution >= 4 is 12.0 Å². The maximum Gasteiger partial charge on any atom is 0.328 e. The van der Waals surface area contributed by atoms with E-state index >= 15 is 0 Å². The molecule has 0 spiro atoms. The monoisotopic (exact) mass is 286 g/mol. The molecule has 0 bridgehead atoms. The van der Waals surface area contributed by atoms with Gasteiger partial charge >= 0.3 is 5.97 Å². The van der Waals surface area contributed by atoms with E-state index in [1.807, 2.05) is 32.0 Å². The largest absolute Gasteiger partial charge is 0.478 e. The van der Waals surface area contributed by atoms with Gasteiger partial charge in [-0.25, -0.2) is 9.18 Å². The van der Waals surface area contributed by atoms with Crippen LogP contribution in [-0.4, -0.2) is 11.1 Å². The maximum atomic E-state index is 14.0. The van der Waals surface area contributed by atoms with E-state index in [9.17, 15) is 9.18 Å². The standard InChI is InChI=1S/C17H15FO3/c1-11-6-7-12(2)15(10-11)21-17-13(8-9-16(19)20)4-3-5-14(17)18/h3-10H,1-2H3,(H,19,20)/b9-8+. The van der Waals surface area contributed by atoms with Crippen LogP contribution in [0, 0.1) is 19.7 Å². The minimum atomic E-state index is -1.10. The van der Waals surface area contributed by atoms with Gasteiger partial charge in [0.15, 0.2) is 11.6 Å². The molecule has 108 valence electrons. The molecule has 1 N–H and O–H groups in total. The third-order valence-electron chi connectivity index (χ3n) is 2.96. The second-order valence-corrected chi connectivity index (χ2v) is 4.70. The van der Waals surface area contributed by atoms with Gasteiger partial charge in [0, 0.05) is 11.6 Å². The quantitative estimate of drug-likeness (QED) is 0.851. The van der Waals surface area contributed by atoms with Gasteiger partial charge in [0.25, 0.3) is 0 Å². The molecular formula is C17H15FO3. The summed E-state index contributed by atoms with van der Waals surface area (Å²) < 4.78 is 19.7. The zero-order valence-corrected chi connectivity index (χ0v) is 11.8. The van der Waals surface area contributed by atoms with Crippen molar-refractivity contribution in [3.05, 3.63) is 65.0 Å². The molecule has 0 aliphatic carbocycles. The number of benzene rings is 2. The van der Waals surface area contributed by atoms with Crippen LogP contribution >= 0.6 is 0 Å². The van der Waals surface area contributed by atoms with E-state index in [4.69, 9.17) is 9.84 Å². The van der Waals surface area contributed by atoms with Crippen LogP contribution in [0.2, 0.25) is 0 Å². The minimum Gasteiger partial charge on any atom is -0.478 e. The number of para-hydroxylation sites is 1. The van der Waals surface area contributed by atoms with E-state index in [0.29, 0.717) is 11.3 Å². The summed E-state index contributed by atoms with van der Waals surface area (Å²) in [6, 6.07) is 10.0. The van der Waals surface area contributed by atoms with Gasteiger partial charge in [0.05, 0.1) is 0 Å². The predicted octanol–water partition coefficient (Wildman–Crippen LogP) is 4.33. The normalized spacial score (nSPS) is 10.8. The highest BCUT2D eigenvalue weighted by molar-refractivity contribution is 5.86. The van der Waals surface area contributed by atoms with Crippen LogP contribution in [0.15, 0.2) is 42.5 Å². The Hall–Kier alpha value is -2.62. The molecule has 0 aromatic heterocycles. The summed E-state index contributed by atoms with van der Waals surface area (Å²) in [5.74, 6) is -1.07. The van der Waals surface area contributed by atoms with Crippen molar-refractivity contribution in [3.8, 4) is 11.5 Å². The lowest BCUT2D eigenvalue weighted by atomic mass is 10.1. The molecule has 0 heterocycles. The van der Waals surface area contributed by atoms with E-state index in [1.54, 1.807) is 6.07 Å². The predicted molar refractivity (Wildman–Crippen MR) is 79.1 cm³/mol. The SMILES string of the molecule is Cc1ccc(C)c(Oc2c(F)cccc2/C=C/C(=O)O)c1. The number of carbonyl (C=O) groups is 1. The molecule has 0 fully saturated rings. The first-order valence-corrected chi connectivity index (χ1v) is 6.42. The fraction of sp³-hybridized carbons (Fsp3) is 0.118. The van der Waals surface area contributed by atoms with E-state index < -0.39 is 11.8 Å². The van der Waals surface area contributed by atoms with Crippen LogP contribution < -0.4 is 4.74 Å². The summed E-state index contributed by atoms with van der Waals surface area (Å²) in [5.41, 5.74) is 2.24. The molecule has 4 heteroatoms. The van der Waals surface area contributed by atoms with Gasteiger partial charge in [-0.2, -0.15) is 0 Å². The average molecular weight is 286 g/mol. The molecule has 3 nitrogen and oxygen atoms in total. The van der Waals surface area contributed by atoms with E-state index in [-0.39, 0.29) is 5.75 Å². The topological polar surface area (TPSA) is 46.5 Å². The van der Waals surface area contributed by atoms with Gasteiger partial charge in [0.1, 0.15) is 5.75 Å². The molecule has 0 aliphatic rings. The number of carboxylic acid groups (broad SMARTS) is 1. The molecule has 2 aromatic carbocycles. The Bertz CT molecular complexity index is 705. The minimum absolute atomic E-state index is 0.0173. The lowest BCUT2D eigenvalue weighted by molar-refractivity contribution is -0.131.